The molecular weight excluding hydrogens is 386 g/mol. The molecule has 0 aliphatic rings. The molecule has 1 aromatic heterocycles. The van der Waals surface area contributed by atoms with Crippen LogP contribution in [0.3, 0.4) is 0 Å². The molecule has 2 rings (SSSR count). The van der Waals surface area contributed by atoms with Crippen LogP contribution in [0.5, 0.6) is 0 Å². The van der Waals surface area contributed by atoms with Crippen molar-refractivity contribution in [3.05, 3.63) is 56.7 Å². The second-order valence-corrected chi connectivity index (χ2v) is 7.29. The molecule has 2 N–H and O–H groups in total. The summed E-state index contributed by atoms with van der Waals surface area (Å²) in [6.45, 7) is 4.73. The standard InChI is InChI=1S/C21H31N5O4/c1-16(28)17-5-7-18(8-6-17)22-9-10-26(13-14-27)12-11-23(2)19-15-20(29)25(4)21(30)24(19)3/h5-8,15,22,27H,9-14H2,1-4H3. The van der Waals surface area contributed by atoms with Crippen molar-refractivity contribution in [2.45, 2.75) is 6.92 Å². The molecule has 0 spiro atoms. The molecule has 0 atom stereocenters. The normalized spacial score (nSPS) is 11.0. The highest BCUT2D eigenvalue weighted by Crippen LogP contribution is 2.10. The zero-order valence-corrected chi connectivity index (χ0v) is 18.1. The van der Waals surface area contributed by atoms with Crippen LogP contribution in [-0.4, -0.2) is 71.3 Å². The summed E-state index contributed by atoms with van der Waals surface area (Å²) in [5.74, 6) is 0.587. The fourth-order valence-corrected chi connectivity index (χ4v) is 3.15. The minimum Gasteiger partial charge on any atom is -0.395 e. The van der Waals surface area contributed by atoms with Gasteiger partial charge in [-0.15, -0.1) is 0 Å². The third-order valence-electron chi connectivity index (χ3n) is 5.11. The number of Topliss-reactive ketones (excluding diaryl/α,β-unsaturated/α-hetero) is 1. The summed E-state index contributed by atoms with van der Waals surface area (Å²) in [5.41, 5.74) is 0.899. The molecular formula is C21H31N5O4. The Kier molecular flexibility index (Phi) is 8.37. The Hall–Kier alpha value is -2.91. The molecule has 0 aliphatic carbocycles. The highest BCUT2D eigenvalue weighted by molar-refractivity contribution is 5.94. The maximum Gasteiger partial charge on any atom is 0.332 e. The zero-order chi connectivity index (χ0) is 22.3. The summed E-state index contributed by atoms with van der Waals surface area (Å²) in [6.07, 6.45) is 0. The van der Waals surface area contributed by atoms with Gasteiger partial charge in [-0.05, 0) is 31.2 Å². The number of aliphatic hydroxyl groups excluding tert-OH is 1. The monoisotopic (exact) mass is 417 g/mol. The minimum absolute atomic E-state index is 0.0357. The van der Waals surface area contributed by atoms with Crippen LogP contribution in [0.4, 0.5) is 11.5 Å². The Labute approximate surface area is 176 Å². The van der Waals surface area contributed by atoms with Gasteiger partial charge in [0.25, 0.3) is 5.56 Å². The van der Waals surface area contributed by atoms with Gasteiger partial charge in [-0.2, -0.15) is 0 Å². The van der Waals surface area contributed by atoms with Crippen molar-refractivity contribution in [3.63, 3.8) is 0 Å². The second-order valence-electron chi connectivity index (χ2n) is 7.29. The number of aliphatic hydroxyl groups is 1. The quantitative estimate of drug-likeness (QED) is 0.501. The number of ketones is 1. The molecule has 0 unspecified atom stereocenters. The van der Waals surface area contributed by atoms with Gasteiger partial charge in [0.1, 0.15) is 5.82 Å². The third-order valence-corrected chi connectivity index (χ3v) is 5.11. The van der Waals surface area contributed by atoms with E-state index in [0.717, 1.165) is 10.3 Å². The van der Waals surface area contributed by atoms with Crippen molar-refractivity contribution in [1.29, 1.82) is 0 Å². The lowest BCUT2D eigenvalue weighted by Gasteiger charge is -2.27. The number of carbonyl (C=O) groups excluding carboxylic acids is 1. The summed E-state index contributed by atoms with van der Waals surface area (Å²) in [5, 5.41) is 12.7. The number of nitrogens with one attached hydrogen (secondary N) is 1. The van der Waals surface area contributed by atoms with Crippen molar-refractivity contribution < 1.29 is 9.90 Å². The van der Waals surface area contributed by atoms with Crippen LogP contribution < -0.4 is 21.5 Å². The van der Waals surface area contributed by atoms with Gasteiger partial charge in [0.2, 0.25) is 0 Å². The number of likely N-dealkylation sites (N-methyl/N-ethyl adjacent to an activating group) is 1. The van der Waals surface area contributed by atoms with E-state index in [0.29, 0.717) is 44.1 Å². The second kappa shape index (κ2) is 10.7. The van der Waals surface area contributed by atoms with Gasteiger partial charge in [-0.1, -0.05) is 0 Å². The maximum atomic E-state index is 12.1. The minimum atomic E-state index is -0.364. The Morgan fingerprint density at radius 2 is 1.70 bits per heavy atom. The van der Waals surface area contributed by atoms with Gasteiger partial charge in [-0.3, -0.25) is 23.6 Å². The van der Waals surface area contributed by atoms with Gasteiger partial charge in [0.15, 0.2) is 5.78 Å². The average Bonchev–Trinajstić information content (AvgIpc) is 2.73. The number of aromatic nitrogens is 2. The average molecular weight is 418 g/mol. The highest BCUT2D eigenvalue weighted by Gasteiger charge is 2.12. The molecule has 0 radical (unpaired) electrons. The molecule has 0 amide bonds. The molecule has 0 bridgehead atoms. The number of anilines is 2. The zero-order valence-electron chi connectivity index (χ0n) is 18.1. The predicted molar refractivity (Wildman–Crippen MR) is 119 cm³/mol. The lowest BCUT2D eigenvalue weighted by molar-refractivity contribution is 0.101. The Balaban J connectivity index is 1.92. The highest BCUT2D eigenvalue weighted by atomic mass is 16.3. The number of nitrogens with zero attached hydrogens (tertiary/aromatic N) is 4. The molecule has 9 heteroatoms. The summed E-state index contributed by atoms with van der Waals surface area (Å²) in [4.78, 5) is 39.4. The van der Waals surface area contributed by atoms with E-state index >= 15 is 0 Å². The van der Waals surface area contributed by atoms with E-state index in [4.69, 9.17) is 0 Å². The van der Waals surface area contributed by atoms with E-state index in [9.17, 15) is 19.5 Å². The molecule has 0 aliphatic heterocycles. The lowest BCUT2D eigenvalue weighted by Crippen LogP contribution is -2.42. The van der Waals surface area contributed by atoms with Crippen LogP contribution in [0, 0.1) is 0 Å². The SMILES string of the molecule is CC(=O)c1ccc(NCCN(CCO)CCN(C)c2cc(=O)n(C)c(=O)n2C)cc1. The largest absolute Gasteiger partial charge is 0.395 e. The molecule has 0 saturated carbocycles. The van der Waals surface area contributed by atoms with Crippen molar-refractivity contribution >= 4 is 17.3 Å². The van der Waals surface area contributed by atoms with Gasteiger partial charge >= 0.3 is 5.69 Å². The molecule has 30 heavy (non-hydrogen) atoms. The van der Waals surface area contributed by atoms with Crippen molar-refractivity contribution in [2.24, 2.45) is 14.1 Å². The predicted octanol–water partition coefficient (Wildman–Crippen LogP) is 0.129. The molecule has 0 fully saturated rings. The molecule has 164 valence electrons. The Morgan fingerprint density at radius 1 is 1.03 bits per heavy atom. The number of hydrogen-bond donors (Lipinski definition) is 2. The van der Waals surface area contributed by atoms with Gasteiger partial charge < -0.3 is 15.3 Å². The van der Waals surface area contributed by atoms with Crippen molar-refractivity contribution in [1.82, 2.24) is 14.0 Å². The van der Waals surface area contributed by atoms with Crippen LogP contribution >= 0.6 is 0 Å². The smallest absolute Gasteiger partial charge is 0.332 e. The fraction of sp³-hybridized carbons (Fsp3) is 0.476. The first-order valence-corrected chi connectivity index (χ1v) is 9.91. The van der Waals surface area contributed by atoms with Crippen LogP contribution in [0.25, 0.3) is 0 Å². The van der Waals surface area contributed by atoms with E-state index in [-0.39, 0.29) is 23.6 Å². The van der Waals surface area contributed by atoms with E-state index < -0.39 is 0 Å². The first kappa shape index (κ1) is 23.4. The van der Waals surface area contributed by atoms with Gasteiger partial charge in [0.05, 0.1) is 6.61 Å². The number of hydrogen-bond acceptors (Lipinski definition) is 7. The molecule has 1 heterocycles. The van der Waals surface area contributed by atoms with Crippen LogP contribution in [0.2, 0.25) is 0 Å². The van der Waals surface area contributed by atoms with Crippen LogP contribution in [-0.2, 0) is 14.1 Å². The summed E-state index contributed by atoms with van der Waals surface area (Å²) >= 11 is 0. The Morgan fingerprint density at radius 3 is 2.30 bits per heavy atom. The number of benzene rings is 1. The summed E-state index contributed by atoms with van der Waals surface area (Å²) in [7, 11) is 4.93. The van der Waals surface area contributed by atoms with E-state index in [1.165, 1.54) is 24.6 Å². The van der Waals surface area contributed by atoms with E-state index in [1.807, 2.05) is 24.1 Å². The maximum absolute atomic E-state index is 12.1. The summed E-state index contributed by atoms with van der Waals surface area (Å²) < 4.78 is 2.52. The summed E-state index contributed by atoms with van der Waals surface area (Å²) in [6, 6.07) is 8.78. The first-order valence-electron chi connectivity index (χ1n) is 9.91. The number of rotatable bonds is 11. The first-order chi connectivity index (χ1) is 14.2. The topological polar surface area (TPSA) is 99.8 Å². The number of carbonyl (C=O) groups is 1. The molecule has 1 aromatic carbocycles. The van der Waals surface area contributed by atoms with Crippen molar-refractivity contribution in [3.8, 4) is 0 Å². The van der Waals surface area contributed by atoms with Crippen LogP contribution in [0.1, 0.15) is 17.3 Å². The van der Waals surface area contributed by atoms with Gasteiger partial charge in [0, 0.05) is 71.2 Å². The van der Waals surface area contributed by atoms with Crippen LogP contribution in [0.15, 0.2) is 39.9 Å². The van der Waals surface area contributed by atoms with E-state index in [2.05, 4.69) is 10.2 Å². The van der Waals surface area contributed by atoms with Gasteiger partial charge in [-0.25, -0.2) is 4.79 Å². The third kappa shape index (κ3) is 6.04. The molecule has 2 aromatic rings. The van der Waals surface area contributed by atoms with Crippen molar-refractivity contribution in [2.75, 3.05) is 56.6 Å². The Bertz CT molecular complexity index is 965. The lowest BCUT2D eigenvalue weighted by atomic mass is 10.1. The fourth-order valence-electron chi connectivity index (χ4n) is 3.15. The molecule has 9 nitrogen and oxygen atoms in total. The molecule has 0 saturated heterocycles. The van der Waals surface area contributed by atoms with E-state index in [1.54, 1.807) is 19.2 Å².